The molecule has 4 nitrogen and oxygen atoms in total. The average Bonchev–Trinajstić information content (AvgIpc) is 2.32. The van der Waals surface area contributed by atoms with Gasteiger partial charge in [0.15, 0.2) is 0 Å². The van der Waals surface area contributed by atoms with Gasteiger partial charge in [-0.3, -0.25) is 0 Å². The molecule has 1 heterocycles. The molecule has 0 aliphatic carbocycles. The third-order valence-electron chi connectivity index (χ3n) is 2.57. The molecule has 4 heteroatoms. The molecule has 2 aromatic rings. The van der Waals surface area contributed by atoms with E-state index < -0.39 is 0 Å². The van der Waals surface area contributed by atoms with E-state index in [4.69, 9.17) is 5.73 Å². The van der Waals surface area contributed by atoms with Crippen LogP contribution in [-0.4, -0.2) is 9.97 Å². The molecule has 0 radical (unpaired) electrons. The van der Waals surface area contributed by atoms with Crippen molar-refractivity contribution in [3.8, 4) is 0 Å². The van der Waals surface area contributed by atoms with E-state index in [0.717, 1.165) is 17.9 Å². The Labute approximate surface area is 101 Å². The number of nitrogens with two attached hydrogens (primary N) is 1. The molecular formula is C13H16N4. The summed E-state index contributed by atoms with van der Waals surface area (Å²) in [5.74, 6) is 1.08. The minimum absolute atomic E-state index is 0.294. The number of nitrogen functional groups attached to an aromatic ring is 1. The first-order valence-electron chi connectivity index (χ1n) is 5.53. The third kappa shape index (κ3) is 2.93. The summed E-state index contributed by atoms with van der Waals surface area (Å²) in [6, 6.07) is 8.39. The molecule has 88 valence electrons. The molecule has 0 aliphatic heterocycles. The van der Waals surface area contributed by atoms with Crippen molar-refractivity contribution in [2.45, 2.75) is 20.4 Å². The molecule has 1 aromatic carbocycles. The van der Waals surface area contributed by atoms with Crippen LogP contribution in [0, 0.1) is 13.8 Å². The molecule has 0 atom stereocenters. The van der Waals surface area contributed by atoms with E-state index in [-0.39, 0.29) is 0 Å². The van der Waals surface area contributed by atoms with E-state index in [1.54, 1.807) is 6.20 Å². The van der Waals surface area contributed by atoms with Crippen molar-refractivity contribution in [1.29, 1.82) is 0 Å². The molecule has 3 N–H and O–H groups in total. The number of benzene rings is 1. The second-order valence-electron chi connectivity index (χ2n) is 4.10. The number of anilines is 2. The first-order valence-corrected chi connectivity index (χ1v) is 5.53. The van der Waals surface area contributed by atoms with Crippen LogP contribution >= 0.6 is 0 Å². The lowest BCUT2D eigenvalue weighted by atomic mass is 10.1. The van der Waals surface area contributed by atoms with Gasteiger partial charge in [0, 0.05) is 18.3 Å². The molecule has 0 amide bonds. The van der Waals surface area contributed by atoms with Crippen molar-refractivity contribution in [3.63, 3.8) is 0 Å². The molecule has 0 spiro atoms. The zero-order chi connectivity index (χ0) is 12.3. The second-order valence-corrected chi connectivity index (χ2v) is 4.10. The number of hydrogen-bond acceptors (Lipinski definition) is 4. The smallest absolute Gasteiger partial charge is 0.221 e. The number of nitrogens with zero attached hydrogens (tertiary/aromatic N) is 2. The summed E-state index contributed by atoms with van der Waals surface area (Å²) in [5, 5.41) is 3.26. The Hall–Kier alpha value is -2.10. The predicted molar refractivity (Wildman–Crippen MR) is 69.7 cm³/mol. The van der Waals surface area contributed by atoms with Gasteiger partial charge in [-0.15, -0.1) is 0 Å². The molecule has 17 heavy (non-hydrogen) atoms. The van der Waals surface area contributed by atoms with Crippen molar-refractivity contribution in [2.75, 3.05) is 11.1 Å². The minimum Gasteiger partial charge on any atom is -0.368 e. The maximum Gasteiger partial charge on any atom is 0.221 e. The van der Waals surface area contributed by atoms with E-state index in [9.17, 15) is 0 Å². The average molecular weight is 228 g/mol. The lowest BCUT2D eigenvalue weighted by Gasteiger charge is -2.08. The zero-order valence-electron chi connectivity index (χ0n) is 10.1. The Morgan fingerprint density at radius 3 is 2.59 bits per heavy atom. The molecule has 0 fully saturated rings. The van der Waals surface area contributed by atoms with Crippen LogP contribution in [0.4, 0.5) is 11.8 Å². The van der Waals surface area contributed by atoms with Crippen LogP contribution in [0.5, 0.6) is 0 Å². The maximum absolute atomic E-state index is 5.55. The van der Waals surface area contributed by atoms with Crippen molar-refractivity contribution in [1.82, 2.24) is 9.97 Å². The van der Waals surface area contributed by atoms with E-state index >= 15 is 0 Å². The summed E-state index contributed by atoms with van der Waals surface area (Å²) in [4.78, 5) is 8.09. The van der Waals surface area contributed by atoms with E-state index in [2.05, 4.69) is 46.5 Å². The van der Waals surface area contributed by atoms with Gasteiger partial charge in [-0.2, -0.15) is 4.98 Å². The molecule has 0 saturated heterocycles. The highest BCUT2D eigenvalue weighted by Gasteiger charge is 2.01. The van der Waals surface area contributed by atoms with Crippen LogP contribution in [0.15, 0.2) is 30.5 Å². The van der Waals surface area contributed by atoms with Gasteiger partial charge in [-0.25, -0.2) is 4.98 Å². The van der Waals surface area contributed by atoms with Crippen molar-refractivity contribution in [2.24, 2.45) is 0 Å². The summed E-state index contributed by atoms with van der Waals surface area (Å²) in [6.45, 7) is 4.76. The number of rotatable bonds is 3. The SMILES string of the molecule is Cc1ccc(CNc2nc(N)ncc2C)cc1. The van der Waals surface area contributed by atoms with Gasteiger partial charge in [0.1, 0.15) is 5.82 Å². The summed E-state index contributed by atoms with van der Waals surface area (Å²) in [5.41, 5.74) is 9.02. The standard InChI is InChI=1S/C13H16N4/c1-9-3-5-11(6-4-9)8-15-12-10(2)7-16-13(14)17-12/h3-7H,8H2,1-2H3,(H3,14,15,16,17). The van der Waals surface area contributed by atoms with Crippen LogP contribution in [0.2, 0.25) is 0 Å². The number of nitrogens with one attached hydrogen (secondary N) is 1. The Bertz CT molecular complexity index is 505. The van der Waals surface area contributed by atoms with Gasteiger partial charge in [-0.05, 0) is 19.4 Å². The highest BCUT2D eigenvalue weighted by Crippen LogP contribution is 2.12. The van der Waals surface area contributed by atoms with Gasteiger partial charge < -0.3 is 11.1 Å². The van der Waals surface area contributed by atoms with E-state index in [0.29, 0.717) is 5.95 Å². The molecule has 1 aromatic heterocycles. The largest absolute Gasteiger partial charge is 0.368 e. The maximum atomic E-state index is 5.55. The summed E-state index contributed by atoms with van der Waals surface area (Å²) >= 11 is 0. The molecular weight excluding hydrogens is 212 g/mol. The number of hydrogen-bond donors (Lipinski definition) is 2. The van der Waals surface area contributed by atoms with Crippen molar-refractivity contribution < 1.29 is 0 Å². The summed E-state index contributed by atoms with van der Waals surface area (Å²) in [7, 11) is 0. The van der Waals surface area contributed by atoms with Gasteiger partial charge in [0.25, 0.3) is 0 Å². The lowest BCUT2D eigenvalue weighted by Crippen LogP contribution is -2.06. The Kier molecular flexibility index (Phi) is 3.23. The monoisotopic (exact) mass is 228 g/mol. The Morgan fingerprint density at radius 2 is 1.88 bits per heavy atom. The van der Waals surface area contributed by atoms with Gasteiger partial charge in [0.2, 0.25) is 5.95 Å². The summed E-state index contributed by atoms with van der Waals surface area (Å²) in [6.07, 6.45) is 1.72. The van der Waals surface area contributed by atoms with E-state index in [1.807, 2.05) is 6.92 Å². The molecule has 0 unspecified atom stereocenters. The second kappa shape index (κ2) is 4.82. The molecule has 0 saturated carbocycles. The van der Waals surface area contributed by atoms with Gasteiger partial charge >= 0.3 is 0 Å². The molecule has 0 bridgehead atoms. The first-order chi connectivity index (χ1) is 8.15. The van der Waals surface area contributed by atoms with Crippen LogP contribution in [0.1, 0.15) is 16.7 Å². The normalized spacial score (nSPS) is 10.2. The zero-order valence-corrected chi connectivity index (χ0v) is 10.1. The van der Waals surface area contributed by atoms with Crippen molar-refractivity contribution in [3.05, 3.63) is 47.2 Å². The minimum atomic E-state index is 0.294. The van der Waals surface area contributed by atoms with Crippen LogP contribution in [0.25, 0.3) is 0 Å². The molecule has 0 aliphatic rings. The topological polar surface area (TPSA) is 63.8 Å². The quantitative estimate of drug-likeness (QED) is 0.846. The van der Waals surface area contributed by atoms with E-state index in [1.165, 1.54) is 11.1 Å². The van der Waals surface area contributed by atoms with Crippen LogP contribution in [-0.2, 0) is 6.54 Å². The third-order valence-corrected chi connectivity index (χ3v) is 2.57. The fourth-order valence-electron chi connectivity index (χ4n) is 1.53. The first kappa shape index (κ1) is 11.4. The van der Waals surface area contributed by atoms with Gasteiger partial charge in [0.05, 0.1) is 0 Å². The predicted octanol–water partition coefficient (Wildman–Crippen LogP) is 2.29. The number of aryl methyl sites for hydroxylation is 2. The van der Waals surface area contributed by atoms with Crippen molar-refractivity contribution >= 4 is 11.8 Å². The van der Waals surface area contributed by atoms with Crippen LogP contribution in [0.3, 0.4) is 0 Å². The fourth-order valence-corrected chi connectivity index (χ4v) is 1.53. The number of aromatic nitrogens is 2. The lowest BCUT2D eigenvalue weighted by molar-refractivity contribution is 1.07. The summed E-state index contributed by atoms with van der Waals surface area (Å²) < 4.78 is 0. The highest BCUT2D eigenvalue weighted by atomic mass is 15.1. The Morgan fingerprint density at radius 1 is 1.18 bits per heavy atom. The Balaban J connectivity index is 2.07. The van der Waals surface area contributed by atoms with Crippen LogP contribution < -0.4 is 11.1 Å². The van der Waals surface area contributed by atoms with Gasteiger partial charge in [-0.1, -0.05) is 29.8 Å². The fraction of sp³-hybridized carbons (Fsp3) is 0.231. The molecule has 2 rings (SSSR count). The highest BCUT2D eigenvalue weighted by molar-refractivity contribution is 5.45.